The molecule has 0 spiro atoms. The average Bonchev–Trinajstić information content (AvgIpc) is 2.69. The summed E-state index contributed by atoms with van der Waals surface area (Å²) in [6.45, 7) is 3.73. The van der Waals surface area contributed by atoms with Crippen molar-refractivity contribution >= 4 is 0 Å². The first-order chi connectivity index (χ1) is 13.8. The van der Waals surface area contributed by atoms with Crippen LogP contribution in [0.2, 0.25) is 0 Å². The zero-order valence-corrected chi connectivity index (χ0v) is 17.4. The van der Waals surface area contributed by atoms with E-state index in [1.54, 1.807) is 0 Å². The molecular weight excluding hydrogens is 380 g/mol. The van der Waals surface area contributed by atoms with E-state index in [-0.39, 0.29) is 18.1 Å². The van der Waals surface area contributed by atoms with Gasteiger partial charge in [0.05, 0.1) is 6.61 Å². The Balaban J connectivity index is 1.55. The first-order valence-electron chi connectivity index (χ1n) is 11.0. The standard InChI is InChI=1S/C24H32F4O/c1-3-4-17-6-10-19(11-7-17)20-12-8-18(9-13-20)15-29-21-14-5-16(2)23(25)22(21)24(26,27)28/h5,8,12,14,17-20H,3-4,6-7,9-11,13,15H2,1-2H3. The molecule has 0 amide bonds. The first kappa shape index (κ1) is 22.2. The Labute approximate surface area is 171 Å². The summed E-state index contributed by atoms with van der Waals surface area (Å²) in [4.78, 5) is 0. The summed E-state index contributed by atoms with van der Waals surface area (Å²) >= 11 is 0. The van der Waals surface area contributed by atoms with Gasteiger partial charge in [0.1, 0.15) is 17.1 Å². The molecule has 0 aliphatic heterocycles. The molecule has 29 heavy (non-hydrogen) atoms. The molecule has 0 saturated heterocycles. The molecule has 162 valence electrons. The lowest BCUT2D eigenvalue weighted by Gasteiger charge is -2.35. The predicted molar refractivity (Wildman–Crippen MR) is 107 cm³/mol. The van der Waals surface area contributed by atoms with E-state index in [1.807, 2.05) is 0 Å². The van der Waals surface area contributed by atoms with Gasteiger partial charge in [-0.25, -0.2) is 4.39 Å². The van der Waals surface area contributed by atoms with E-state index in [2.05, 4.69) is 19.1 Å². The Morgan fingerprint density at radius 3 is 2.31 bits per heavy atom. The third-order valence-corrected chi connectivity index (χ3v) is 6.73. The lowest BCUT2D eigenvalue weighted by atomic mass is 9.71. The van der Waals surface area contributed by atoms with Gasteiger partial charge in [-0.05, 0) is 62.0 Å². The highest BCUT2D eigenvalue weighted by atomic mass is 19.4. The van der Waals surface area contributed by atoms with Crippen molar-refractivity contribution in [3.8, 4) is 5.75 Å². The average molecular weight is 413 g/mol. The van der Waals surface area contributed by atoms with Crippen molar-refractivity contribution in [2.45, 2.75) is 71.4 Å². The van der Waals surface area contributed by atoms with Crippen LogP contribution < -0.4 is 4.74 Å². The second-order valence-corrected chi connectivity index (χ2v) is 8.83. The molecule has 0 N–H and O–H groups in total. The minimum atomic E-state index is -4.77. The normalized spacial score (nSPS) is 27.8. The van der Waals surface area contributed by atoms with Crippen LogP contribution in [0.1, 0.15) is 69.4 Å². The van der Waals surface area contributed by atoms with E-state index in [0.29, 0.717) is 5.92 Å². The van der Waals surface area contributed by atoms with Crippen LogP contribution in [-0.4, -0.2) is 6.61 Å². The maximum absolute atomic E-state index is 14.0. The molecule has 2 aliphatic rings. The van der Waals surface area contributed by atoms with Gasteiger partial charge in [0.2, 0.25) is 0 Å². The van der Waals surface area contributed by atoms with Crippen LogP contribution in [0.5, 0.6) is 5.75 Å². The van der Waals surface area contributed by atoms with E-state index in [1.165, 1.54) is 57.6 Å². The molecule has 1 fully saturated rings. The van der Waals surface area contributed by atoms with E-state index >= 15 is 0 Å². The van der Waals surface area contributed by atoms with Gasteiger partial charge in [-0.3, -0.25) is 0 Å². The largest absolute Gasteiger partial charge is 0.492 e. The Morgan fingerprint density at radius 2 is 1.72 bits per heavy atom. The molecule has 0 radical (unpaired) electrons. The number of alkyl halides is 3. The van der Waals surface area contributed by atoms with Gasteiger partial charge < -0.3 is 4.74 Å². The zero-order chi connectivity index (χ0) is 21.0. The summed E-state index contributed by atoms with van der Waals surface area (Å²) in [5, 5.41) is 0. The van der Waals surface area contributed by atoms with Gasteiger partial charge in [0, 0.05) is 5.92 Å². The van der Waals surface area contributed by atoms with Crippen LogP contribution in [0.15, 0.2) is 24.3 Å². The number of aryl methyl sites for hydroxylation is 1. The van der Waals surface area contributed by atoms with E-state index < -0.39 is 23.3 Å². The van der Waals surface area contributed by atoms with Crippen LogP contribution >= 0.6 is 0 Å². The SMILES string of the molecule is CCCC1CCC(C2C=CC(COc3ccc(C)c(F)c3C(F)(F)F)CC2)CC1. The number of halogens is 4. The minimum absolute atomic E-state index is 0.0289. The highest BCUT2D eigenvalue weighted by Crippen LogP contribution is 2.41. The van der Waals surface area contributed by atoms with E-state index in [0.717, 1.165) is 24.7 Å². The maximum atomic E-state index is 14.0. The molecule has 0 aromatic heterocycles. The summed E-state index contributed by atoms with van der Waals surface area (Å²) in [6.07, 6.45) is 9.39. The smallest absolute Gasteiger partial charge is 0.422 e. The molecule has 1 nitrogen and oxygen atoms in total. The number of benzene rings is 1. The van der Waals surface area contributed by atoms with Gasteiger partial charge in [-0.15, -0.1) is 0 Å². The van der Waals surface area contributed by atoms with Gasteiger partial charge in [0.15, 0.2) is 0 Å². The molecule has 1 saturated carbocycles. The molecule has 2 aliphatic carbocycles. The van der Waals surface area contributed by atoms with Crippen molar-refractivity contribution in [3.63, 3.8) is 0 Å². The Kier molecular flexibility index (Phi) is 7.28. The lowest BCUT2D eigenvalue weighted by Crippen LogP contribution is -2.24. The molecule has 2 unspecified atom stereocenters. The topological polar surface area (TPSA) is 9.23 Å². The fraction of sp³-hybridized carbons (Fsp3) is 0.667. The van der Waals surface area contributed by atoms with Crippen LogP contribution in [-0.2, 0) is 6.18 Å². The van der Waals surface area contributed by atoms with Crippen LogP contribution in [0.4, 0.5) is 17.6 Å². The number of rotatable bonds is 6. The van der Waals surface area contributed by atoms with Crippen molar-refractivity contribution < 1.29 is 22.3 Å². The summed E-state index contributed by atoms with van der Waals surface area (Å²) < 4.78 is 59.3. The molecule has 0 heterocycles. The van der Waals surface area contributed by atoms with Crippen LogP contribution in [0.3, 0.4) is 0 Å². The highest BCUT2D eigenvalue weighted by Gasteiger charge is 2.39. The van der Waals surface area contributed by atoms with Crippen molar-refractivity contribution in [1.82, 2.24) is 0 Å². The number of hydrogen-bond acceptors (Lipinski definition) is 1. The Hall–Kier alpha value is -1.52. The predicted octanol–water partition coefficient (Wildman–Crippen LogP) is 7.72. The Bertz CT molecular complexity index is 702. The fourth-order valence-corrected chi connectivity index (χ4v) is 4.99. The quantitative estimate of drug-likeness (QED) is 0.343. The monoisotopic (exact) mass is 412 g/mol. The molecule has 5 heteroatoms. The second-order valence-electron chi connectivity index (χ2n) is 8.83. The van der Waals surface area contributed by atoms with E-state index in [4.69, 9.17) is 4.74 Å². The van der Waals surface area contributed by atoms with Crippen LogP contribution in [0, 0.1) is 36.4 Å². The first-order valence-corrected chi connectivity index (χ1v) is 11.0. The number of hydrogen-bond donors (Lipinski definition) is 0. The third-order valence-electron chi connectivity index (χ3n) is 6.73. The Morgan fingerprint density at radius 1 is 1.00 bits per heavy atom. The lowest BCUT2D eigenvalue weighted by molar-refractivity contribution is -0.141. The zero-order valence-electron chi connectivity index (χ0n) is 17.4. The van der Waals surface area contributed by atoms with Gasteiger partial charge >= 0.3 is 6.18 Å². The van der Waals surface area contributed by atoms with Crippen molar-refractivity contribution in [1.29, 1.82) is 0 Å². The molecule has 1 aromatic rings. The molecule has 2 atom stereocenters. The number of ether oxygens (including phenoxy) is 1. The highest BCUT2D eigenvalue weighted by molar-refractivity contribution is 5.40. The third kappa shape index (κ3) is 5.55. The summed E-state index contributed by atoms with van der Waals surface area (Å²) in [6, 6.07) is 2.56. The molecular formula is C24H32F4O. The van der Waals surface area contributed by atoms with Crippen LogP contribution in [0.25, 0.3) is 0 Å². The van der Waals surface area contributed by atoms with Crippen molar-refractivity contribution in [3.05, 3.63) is 41.2 Å². The van der Waals surface area contributed by atoms with E-state index in [9.17, 15) is 17.6 Å². The molecule has 3 rings (SSSR count). The molecule has 1 aromatic carbocycles. The fourth-order valence-electron chi connectivity index (χ4n) is 4.99. The van der Waals surface area contributed by atoms with Crippen molar-refractivity contribution in [2.75, 3.05) is 6.61 Å². The molecule has 0 bridgehead atoms. The van der Waals surface area contributed by atoms with Gasteiger partial charge in [0.25, 0.3) is 0 Å². The maximum Gasteiger partial charge on any atom is 0.422 e. The minimum Gasteiger partial charge on any atom is -0.492 e. The summed E-state index contributed by atoms with van der Waals surface area (Å²) in [5.41, 5.74) is -1.32. The number of allylic oxidation sites excluding steroid dienone is 1. The van der Waals surface area contributed by atoms with Crippen molar-refractivity contribution in [2.24, 2.45) is 23.7 Å². The summed E-state index contributed by atoms with van der Waals surface area (Å²) in [7, 11) is 0. The second kappa shape index (κ2) is 9.53. The van der Waals surface area contributed by atoms with Gasteiger partial charge in [-0.1, -0.05) is 50.8 Å². The van der Waals surface area contributed by atoms with Gasteiger partial charge in [-0.2, -0.15) is 13.2 Å². The summed E-state index contributed by atoms with van der Waals surface area (Å²) in [5.74, 6) is 0.634.